The van der Waals surface area contributed by atoms with E-state index in [0.29, 0.717) is 6.42 Å². The van der Waals surface area contributed by atoms with Crippen molar-refractivity contribution < 1.29 is 9.90 Å². The van der Waals surface area contributed by atoms with Crippen LogP contribution in [0.5, 0.6) is 0 Å². The topological polar surface area (TPSA) is 43.8 Å². The Morgan fingerprint density at radius 3 is 2.86 bits per heavy atom. The molecule has 0 atom stereocenters. The highest BCUT2D eigenvalue weighted by molar-refractivity contribution is 5.76. The molecular formula is C10H20N2O2. The van der Waals surface area contributed by atoms with E-state index in [1.807, 2.05) is 5.01 Å². The van der Waals surface area contributed by atoms with Gasteiger partial charge in [-0.1, -0.05) is 6.92 Å². The minimum absolute atomic E-state index is 0.199. The molecule has 0 spiro atoms. The molecule has 0 aromatic heterocycles. The van der Waals surface area contributed by atoms with Crippen molar-refractivity contribution in [3.8, 4) is 0 Å². The Hall–Kier alpha value is -0.610. The Balaban J connectivity index is 2.46. The van der Waals surface area contributed by atoms with Gasteiger partial charge >= 0.3 is 0 Å². The summed E-state index contributed by atoms with van der Waals surface area (Å²) in [6.07, 6.45) is 3.36. The zero-order valence-corrected chi connectivity index (χ0v) is 8.91. The minimum Gasteiger partial charge on any atom is -0.396 e. The van der Waals surface area contributed by atoms with Crippen LogP contribution in [0.3, 0.4) is 0 Å². The predicted octanol–water partition coefficient (Wildman–Crippen LogP) is 0.618. The third-order valence-corrected chi connectivity index (χ3v) is 2.45. The van der Waals surface area contributed by atoms with E-state index in [0.717, 1.165) is 38.9 Å². The first kappa shape index (κ1) is 11.5. The van der Waals surface area contributed by atoms with Crippen LogP contribution in [0.2, 0.25) is 0 Å². The predicted molar refractivity (Wildman–Crippen MR) is 54.5 cm³/mol. The van der Waals surface area contributed by atoms with Crippen molar-refractivity contribution in [1.82, 2.24) is 10.0 Å². The molecule has 0 unspecified atom stereocenters. The molecule has 1 fully saturated rings. The van der Waals surface area contributed by atoms with Gasteiger partial charge in [0.15, 0.2) is 0 Å². The van der Waals surface area contributed by atoms with E-state index in [9.17, 15) is 4.79 Å². The van der Waals surface area contributed by atoms with Crippen LogP contribution in [0, 0.1) is 0 Å². The summed E-state index contributed by atoms with van der Waals surface area (Å²) in [6.45, 7) is 4.83. The number of carbonyl (C=O) groups excluding carboxylic acids is 1. The van der Waals surface area contributed by atoms with Gasteiger partial charge in [-0.15, -0.1) is 0 Å². The summed E-state index contributed by atoms with van der Waals surface area (Å²) in [5.74, 6) is 0.232. The summed E-state index contributed by atoms with van der Waals surface area (Å²) in [6, 6.07) is 0. The largest absolute Gasteiger partial charge is 0.396 e. The molecule has 0 aromatic carbocycles. The maximum absolute atomic E-state index is 11.6. The molecule has 1 aliphatic rings. The molecule has 1 amide bonds. The second-order valence-electron chi connectivity index (χ2n) is 3.65. The second-order valence-corrected chi connectivity index (χ2v) is 3.65. The number of aliphatic hydroxyl groups is 1. The Morgan fingerprint density at radius 2 is 2.21 bits per heavy atom. The van der Waals surface area contributed by atoms with E-state index >= 15 is 0 Å². The number of hydrazine groups is 1. The minimum atomic E-state index is 0.199. The summed E-state index contributed by atoms with van der Waals surface area (Å²) < 4.78 is 0. The molecule has 0 radical (unpaired) electrons. The Kier molecular flexibility index (Phi) is 4.90. The van der Waals surface area contributed by atoms with Crippen LogP contribution in [0.1, 0.15) is 32.6 Å². The summed E-state index contributed by atoms with van der Waals surface area (Å²) in [5.41, 5.74) is 0. The van der Waals surface area contributed by atoms with Crippen molar-refractivity contribution in [2.45, 2.75) is 32.6 Å². The van der Waals surface area contributed by atoms with Crippen LogP contribution in [-0.2, 0) is 4.79 Å². The highest BCUT2D eigenvalue weighted by Gasteiger charge is 2.24. The van der Waals surface area contributed by atoms with Gasteiger partial charge in [0.1, 0.15) is 0 Å². The molecule has 0 bridgehead atoms. The first-order valence-electron chi connectivity index (χ1n) is 5.45. The zero-order chi connectivity index (χ0) is 10.4. The molecule has 14 heavy (non-hydrogen) atoms. The smallest absolute Gasteiger partial charge is 0.236 e. The van der Waals surface area contributed by atoms with E-state index in [1.54, 1.807) is 0 Å². The highest BCUT2D eigenvalue weighted by atomic mass is 16.3. The number of rotatable bonds is 5. The fraction of sp³-hybridized carbons (Fsp3) is 0.900. The molecule has 0 saturated carbocycles. The number of amides is 1. The number of carbonyl (C=O) groups is 1. The second kappa shape index (κ2) is 5.98. The van der Waals surface area contributed by atoms with E-state index in [-0.39, 0.29) is 12.5 Å². The normalized spacial score (nSPS) is 19.0. The molecule has 1 saturated heterocycles. The van der Waals surface area contributed by atoms with Crippen molar-refractivity contribution in [2.24, 2.45) is 0 Å². The maximum atomic E-state index is 11.6. The monoisotopic (exact) mass is 200 g/mol. The van der Waals surface area contributed by atoms with Crippen LogP contribution in [0.4, 0.5) is 0 Å². The van der Waals surface area contributed by atoms with Gasteiger partial charge < -0.3 is 5.11 Å². The van der Waals surface area contributed by atoms with Gasteiger partial charge in [0, 0.05) is 32.7 Å². The van der Waals surface area contributed by atoms with E-state index in [2.05, 4.69) is 11.9 Å². The lowest BCUT2D eigenvalue weighted by Gasteiger charge is -2.38. The average molecular weight is 200 g/mol. The van der Waals surface area contributed by atoms with Crippen molar-refractivity contribution in [1.29, 1.82) is 0 Å². The summed E-state index contributed by atoms with van der Waals surface area (Å²) in [4.78, 5) is 11.6. The summed E-state index contributed by atoms with van der Waals surface area (Å²) in [7, 11) is 0. The standard InChI is InChI=1S/C10H20N2O2/c1-2-6-12-10(14)5-3-7-11(12)8-4-9-13/h13H,2-9H2,1H3. The van der Waals surface area contributed by atoms with Crippen LogP contribution in [0.15, 0.2) is 0 Å². The number of hydrogen-bond donors (Lipinski definition) is 1. The van der Waals surface area contributed by atoms with Crippen LogP contribution in [-0.4, -0.2) is 47.3 Å². The molecule has 4 nitrogen and oxygen atoms in total. The highest BCUT2D eigenvalue weighted by Crippen LogP contribution is 2.12. The average Bonchev–Trinajstić information content (AvgIpc) is 2.19. The zero-order valence-electron chi connectivity index (χ0n) is 8.91. The molecule has 1 N–H and O–H groups in total. The van der Waals surface area contributed by atoms with Gasteiger partial charge in [-0.05, 0) is 19.3 Å². The molecule has 1 rings (SSSR count). The Labute approximate surface area is 85.5 Å². The summed E-state index contributed by atoms with van der Waals surface area (Å²) >= 11 is 0. The molecule has 0 aromatic rings. The number of nitrogens with zero attached hydrogens (tertiary/aromatic N) is 2. The molecule has 1 heterocycles. The molecule has 82 valence electrons. The van der Waals surface area contributed by atoms with Gasteiger partial charge in [-0.25, -0.2) is 5.01 Å². The van der Waals surface area contributed by atoms with Crippen molar-refractivity contribution in [3.05, 3.63) is 0 Å². The van der Waals surface area contributed by atoms with Gasteiger partial charge in [-0.3, -0.25) is 9.80 Å². The first-order chi connectivity index (χ1) is 6.79. The third-order valence-electron chi connectivity index (χ3n) is 2.45. The van der Waals surface area contributed by atoms with Crippen LogP contribution < -0.4 is 0 Å². The fourth-order valence-corrected chi connectivity index (χ4v) is 1.78. The molecule has 0 aliphatic carbocycles. The Morgan fingerprint density at radius 1 is 1.43 bits per heavy atom. The molecular weight excluding hydrogens is 180 g/mol. The lowest BCUT2D eigenvalue weighted by molar-refractivity contribution is -0.155. The van der Waals surface area contributed by atoms with E-state index < -0.39 is 0 Å². The third kappa shape index (κ3) is 2.96. The van der Waals surface area contributed by atoms with Gasteiger partial charge in [0.25, 0.3) is 0 Å². The van der Waals surface area contributed by atoms with Crippen molar-refractivity contribution >= 4 is 5.91 Å². The number of aliphatic hydroxyl groups excluding tert-OH is 1. The lowest BCUT2D eigenvalue weighted by atomic mass is 10.2. The van der Waals surface area contributed by atoms with E-state index in [1.165, 1.54) is 0 Å². The van der Waals surface area contributed by atoms with E-state index in [4.69, 9.17) is 5.11 Å². The van der Waals surface area contributed by atoms with Crippen molar-refractivity contribution in [2.75, 3.05) is 26.2 Å². The lowest BCUT2D eigenvalue weighted by Crippen LogP contribution is -2.51. The molecule has 1 aliphatic heterocycles. The SMILES string of the molecule is CCCN1C(=O)CCCN1CCCO. The van der Waals surface area contributed by atoms with Gasteiger partial charge in [-0.2, -0.15) is 0 Å². The molecule has 4 heteroatoms. The quantitative estimate of drug-likeness (QED) is 0.707. The summed E-state index contributed by atoms with van der Waals surface area (Å²) in [5, 5.41) is 12.7. The van der Waals surface area contributed by atoms with Crippen LogP contribution in [0.25, 0.3) is 0 Å². The van der Waals surface area contributed by atoms with Crippen molar-refractivity contribution in [3.63, 3.8) is 0 Å². The Bertz CT molecular complexity index is 185. The van der Waals surface area contributed by atoms with Crippen LogP contribution >= 0.6 is 0 Å². The van der Waals surface area contributed by atoms with Gasteiger partial charge in [0.05, 0.1) is 0 Å². The number of hydrogen-bond acceptors (Lipinski definition) is 3. The van der Waals surface area contributed by atoms with Gasteiger partial charge in [0.2, 0.25) is 5.91 Å². The first-order valence-corrected chi connectivity index (χ1v) is 5.45. The fourth-order valence-electron chi connectivity index (χ4n) is 1.78. The maximum Gasteiger partial charge on any atom is 0.236 e.